The minimum absolute atomic E-state index is 0.130. The number of rotatable bonds is 3. The van der Waals surface area contributed by atoms with Gasteiger partial charge >= 0.3 is 0 Å². The third kappa shape index (κ3) is 3.73. The van der Waals surface area contributed by atoms with Gasteiger partial charge in [-0.25, -0.2) is 4.39 Å². The van der Waals surface area contributed by atoms with Crippen molar-refractivity contribution in [3.63, 3.8) is 0 Å². The lowest BCUT2D eigenvalue weighted by Crippen LogP contribution is -2.33. The van der Waals surface area contributed by atoms with Crippen LogP contribution in [0.2, 0.25) is 0 Å². The molecule has 0 bridgehead atoms. The maximum atomic E-state index is 13.4. The van der Waals surface area contributed by atoms with Crippen molar-refractivity contribution >= 4 is 17.7 Å². The Bertz CT molecular complexity index is 403. The molecule has 1 saturated heterocycles. The molecule has 0 saturated carbocycles. The number of nitrogens with zero attached hydrogens (tertiary/aromatic N) is 1. The summed E-state index contributed by atoms with van der Waals surface area (Å²) in [5, 5.41) is 0. The molecule has 0 radical (unpaired) electrons. The topological polar surface area (TPSA) is 20.3 Å². The molecule has 1 amide bonds. The predicted octanol–water partition coefficient (Wildman–Crippen LogP) is 3.32. The van der Waals surface area contributed by atoms with Crippen LogP contribution in [-0.2, 0) is 4.79 Å². The minimum Gasteiger partial charge on any atom is -0.342 e. The van der Waals surface area contributed by atoms with Crippen LogP contribution in [0.1, 0.15) is 25.7 Å². The molecule has 1 fully saturated rings. The highest BCUT2D eigenvalue weighted by Gasteiger charge is 2.16. The van der Waals surface area contributed by atoms with Gasteiger partial charge in [0.2, 0.25) is 5.91 Å². The van der Waals surface area contributed by atoms with Crippen LogP contribution in [0.25, 0.3) is 0 Å². The summed E-state index contributed by atoms with van der Waals surface area (Å²) in [6, 6.07) is 6.60. The summed E-state index contributed by atoms with van der Waals surface area (Å²) in [5.74, 6) is 0.220. The van der Waals surface area contributed by atoms with Crippen LogP contribution in [0, 0.1) is 5.82 Å². The number of hydrogen-bond acceptors (Lipinski definition) is 2. The number of amides is 1. The van der Waals surface area contributed by atoms with Crippen molar-refractivity contribution < 1.29 is 9.18 Å². The van der Waals surface area contributed by atoms with Gasteiger partial charge < -0.3 is 4.90 Å². The summed E-state index contributed by atoms with van der Waals surface area (Å²) in [5.41, 5.74) is 0. The summed E-state index contributed by atoms with van der Waals surface area (Å²) in [6.45, 7) is 1.72. The average molecular weight is 267 g/mol. The molecule has 0 aliphatic carbocycles. The Morgan fingerprint density at radius 2 is 1.83 bits per heavy atom. The molecule has 1 aliphatic rings. The SMILES string of the molecule is O=C(CSc1ccccc1F)N1CCCCCC1. The standard InChI is InChI=1S/C14H18FNOS/c15-12-7-3-4-8-13(12)18-11-14(17)16-9-5-1-2-6-10-16/h3-4,7-8H,1-2,5-6,9-11H2. The Balaban J connectivity index is 1.86. The van der Waals surface area contributed by atoms with E-state index < -0.39 is 0 Å². The smallest absolute Gasteiger partial charge is 0.232 e. The molecule has 0 spiro atoms. The fourth-order valence-electron chi connectivity index (χ4n) is 2.11. The van der Waals surface area contributed by atoms with E-state index in [9.17, 15) is 9.18 Å². The zero-order chi connectivity index (χ0) is 12.8. The molecule has 0 aromatic heterocycles. The van der Waals surface area contributed by atoms with Gasteiger partial charge in [-0.3, -0.25) is 4.79 Å². The number of thioether (sulfide) groups is 1. The summed E-state index contributed by atoms with van der Waals surface area (Å²) in [7, 11) is 0. The van der Waals surface area contributed by atoms with Crippen molar-refractivity contribution in [2.75, 3.05) is 18.8 Å². The number of carbonyl (C=O) groups excluding carboxylic acids is 1. The molecular formula is C14H18FNOS. The van der Waals surface area contributed by atoms with E-state index in [0.717, 1.165) is 25.9 Å². The van der Waals surface area contributed by atoms with E-state index in [-0.39, 0.29) is 11.7 Å². The second-order valence-corrected chi connectivity index (χ2v) is 5.53. The van der Waals surface area contributed by atoms with Gasteiger partial charge in [0.05, 0.1) is 5.75 Å². The van der Waals surface area contributed by atoms with Crippen LogP contribution in [0.5, 0.6) is 0 Å². The zero-order valence-corrected chi connectivity index (χ0v) is 11.2. The van der Waals surface area contributed by atoms with Crippen LogP contribution < -0.4 is 0 Å². The third-order valence-corrected chi connectivity index (χ3v) is 4.18. The Kier molecular flexibility index (Phi) is 5.05. The zero-order valence-electron chi connectivity index (χ0n) is 10.4. The van der Waals surface area contributed by atoms with Crippen LogP contribution in [0.15, 0.2) is 29.2 Å². The molecule has 98 valence electrons. The maximum absolute atomic E-state index is 13.4. The Morgan fingerprint density at radius 3 is 2.50 bits per heavy atom. The second kappa shape index (κ2) is 6.78. The molecule has 0 unspecified atom stereocenters. The van der Waals surface area contributed by atoms with Crippen molar-refractivity contribution in [2.24, 2.45) is 0 Å². The number of hydrogen-bond donors (Lipinski definition) is 0. The first-order chi connectivity index (χ1) is 8.77. The predicted molar refractivity (Wildman–Crippen MR) is 72.2 cm³/mol. The second-order valence-electron chi connectivity index (χ2n) is 4.51. The molecule has 4 heteroatoms. The van der Waals surface area contributed by atoms with Gasteiger partial charge in [-0.05, 0) is 25.0 Å². The number of carbonyl (C=O) groups is 1. The molecule has 1 aliphatic heterocycles. The van der Waals surface area contributed by atoms with Gasteiger partial charge in [0.25, 0.3) is 0 Å². The van der Waals surface area contributed by atoms with E-state index in [0.29, 0.717) is 10.6 Å². The van der Waals surface area contributed by atoms with Crippen molar-refractivity contribution in [3.05, 3.63) is 30.1 Å². The van der Waals surface area contributed by atoms with Crippen LogP contribution in [0.3, 0.4) is 0 Å². The Hall–Kier alpha value is -1.03. The van der Waals surface area contributed by atoms with Crippen LogP contribution >= 0.6 is 11.8 Å². The number of benzene rings is 1. The molecule has 2 rings (SSSR count). The molecule has 2 nitrogen and oxygen atoms in total. The summed E-state index contributed by atoms with van der Waals surface area (Å²) >= 11 is 1.29. The van der Waals surface area contributed by atoms with E-state index in [4.69, 9.17) is 0 Å². The molecular weight excluding hydrogens is 249 g/mol. The Morgan fingerprint density at radius 1 is 1.17 bits per heavy atom. The van der Waals surface area contributed by atoms with Crippen LogP contribution in [-0.4, -0.2) is 29.6 Å². The maximum Gasteiger partial charge on any atom is 0.232 e. The lowest BCUT2D eigenvalue weighted by molar-refractivity contribution is -0.128. The van der Waals surface area contributed by atoms with E-state index in [2.05, 4.69) is 0 Å². The first-order valence-corrected chi connectivity index (χ1v) is 7.41. The van der Waals surface area contributed by atoms with Crippen molar-refractivity contribution in [1.29, 1.82) is 0 Å². The lowest BCUT2D eigenvalue weighted by Gasteiger charge is -2.19. The first kappa shape index (κ1) is 13.4. The molecule has 1 aromatic rings. The minimum atomic E-state index is -0.244. The molecule has 0 N–H and O–H groups in total. The van der Waals surface area contributed by atoms with Crippen molar-refractivity contribution in [2.45, 2.75) is 30.6 Å². The molecule has 1 heterocycles. The summed E-state index contributed by atoms with van der Waals surface area (Å²) in [6.07, 6.45) is 4.61. The quantitative estimate of drug-likeness (QED) is 0.783. The third-order valence-electron chi connectivity index (χ3n) is 3.15. The highest BCUT2D eigenvalue weighted by molar-refractivity contribution is 8.00. The number of halogens is 1. The van der Waals surface area contributed by atoms with E-state index >= 15 is 0 Å². The molecule has 1 aromatic carbocycles. The van der Waals surface area contributed by atoms with Crippen molar-refractivity contribution in [3.8, 4) is 0 Å². The van der Waals surface area contributed by atoms with Gasteiger partial charge in [-0.1, -0.05) is 25.0 Å². The fourth-order valence-corrected chi connectivity index (χ4v) is 2.95. The summed E-state index contributed by atoms with van der Waals surface area (Å²) in [4.78, 5) is 14.5. The highest BCUT2D eigenvalue weighted by Crippen LogP contribution is 2.22. The van der Waals surface area contributed by atoms with Crippen LogP contribution in [0.4, 0.5) is 4.39 Å². The summed E-state index contributed by atoms with van der Waals surface area (Å²) < 4.78 is 13.4. The van der Waals surface area contributed by atoms with Gasteiger partial charge in [-0.15, -0.1) is 11.8 Å². The first-order valence-electron chi connectivity index (χ1n) is 6.42. The molecule has 0 atom stereocenters. The van der Waals surface area contributed by atoms with Gasteiger partial charge in [0, 0.05) is 18.0 Å². The van der Waals surface area contributed by atoms with E-state index in [1.165, 1.54) is 30.7 Å². The largest absolute Gasteiger partial charge is 0.342 e. The van der Waals surface area contributed by atoms with Crippen molar-refractivity contribution in [1.82, 2.24) is 4.90 Å². The monoisotopic (exact) mass is 267 g/mol. The van der Waals surface area contributed by atoms with E-state index in [1.807, 2.05) is 4.90 Å². The molecule has 18 heavy (non-hydrogen) atoms. The average Bonchev–Trinajstić information content (AvgIpc) is 2.66. The Labute approximate surface area is 112 Å². The van der Waals surface area contributed by atoms with Gasteiger partial charge in [-0.2, -0.15) is 0 Å². The normalized spacial score (nSPS) is 16.4. The highest BCUT2D eigenvalue weighted by atomic mass is 32.2. The fraction of sp³-hybridized carbons (Fsp3) is 0.500. The van der Waals surface area contributed by atoms with Gasteiger partial charge in [0.15, 0.2) is 0 Å². The van der Waals surface area contributed by atoms with E-state index in [1.54, 1.807) is 18.2 Å². The lowest BCUT2D eigenvalue weighted by atomic mass is 10.2. The number of likely N-dealkylation sites (tertiary alicyclic amines) is 1. The van der Waals surface area contributed by atoms with Gasteiger partial charge in [0.1, 0.15) is 5.82 Å².